The highest BCUT2D eigenvalue weighted by atomic mass is 16.5. The molecule has 0 saturated carbocycles. The SMILES string of the molecule is Cc1cc(N)ccc1Oc1ccc(C(C)(C)c2ccc(Oc3ccc(N)cc3C)c(C)c2)cc1C. The zero-order valence-electron chi connectivity index (χ0n) is 21.4. The Morgan fingerprint density at radius 2 is 0.800 bits per heavy atom. The van der Waals surface area contributed by atoms with Crippen LogP contribution in [0.5, 0.6) is 23.0 Å². The van der Waals surface area contributed by atoms with Gasteiger partial charge in [-0.3, -0.25) is 0 Å². The lowest BCUT2D eigenvalue weighted by atomic mass is 9.77. The van der Waals surface area contributed by atoms with Crippen molar-refractivity contribution >= 4 is 11.4 Å². The molecular weight excluding hydrogens is 432 g/mol. The maximum absolute atomic E-state index is 6.20. The quantitative estimate of drug-likeness (QED) is 0.282. The summed E-state index contributed by atoms with van der Waals surface area (Å²) in [7, 11) is 0. The first-order chi connectivity index (χ1) is 16.5. The Hall–Kier alpha value is -3.92. The number of ether oxygens (including phenoxy) is 2. The van der Waals surface area contributed by atoms with E-state index in [0.29, 0.717) is 0 Å². The highest BCUT2D eigenvalue weighted by molar-refractivity contribution is 5.52. The average Bonchev–Trinajstić information content (AvgIpc) is 2.79. The minimum absolute atomic E-state index is 0.194. The number of hydrogen-bond acceptors (Lipinski definition) is 4. The van der Waals surface area contributed by atoms with Crippen LogP contribution >= 0.6 is 0 Å². The summed E-state index contributed by atoms with van der Waals surface area (Å²) in [6.07, 6.45) is 0. The van der Waals surface area contributed by atoms with E-state index in [9.17, 15) is 0 Å². The monoisotopic (exact) mass is 466 g/mol. The first-order valence-corrected chi connectivity index (χ1v) is 11.8. The number of hydrogen-bond donors (Lipinski definition) is 2. The van der Waals surface area contributed by atoms with E-state index in [0.717, 1.165) is 56.6 Å². The summed E-state index contributed by atoms with van der Waals surface area (Å²) in [4.78, 5) is 0. The van der Waals surface area contributed by atoms with Crippen LogP contribution in [0.1, 0.15) is 47.2 Å². The van der Waals surface area contributed by atoms with Gasteiger partial charge in [-0.05, 0) is 110 Å². The number of rotatable bonds is 6. The van der Waals surface area contributed by atoms with Crippen molar-refractivity contribution in [3.63, 3.8) is 0 Å². The topological polar surface area (TPSA) is 70.5 Å². The lowest BCUT2D eigenvalue weighted by molar-refractivity contribution is 0.473. The summed E-state index contributed by atoms with van der Waals surface area (Å²) >= 11 is 0. The fraction of sp³-hybridized carbons (Fsp3) is 0.226. The normalized spacial score (nSPS) is 11.4. The van der Waals surface area contributed by atoms with Crippen molar-refractivity contribution in [1.29, 1.82) is 0 Å². The Labute approximate surface area is 208 Å². The molecule has 0 aliphatic rings. The van der Waals surface area contributed by atoms with E-state index < -0.39 is 0 Å². The molecule has 4 aromatic rings. The van der Waals surface area contributed by atoms with Gasteiger partial charge in [-0.1, -0.05) is 38.1 Å². The van der Waals surface area contributed by atoms with Crippen molar-refractivity contribution in [3.8, 4) is 23.0 Å². The maximum Gasteiger partial charge on any atom is 0.130 e. The smallest absolute Gasteiger partial charge is 0.130 e. The third kappa shape index (κ3) is 5.12. The van der Waals surface area contributed by atoms with Gasteiger partial charge in [0.25, 0.3) is 0 Å². The molecular formula is C31H34N2O2. The van der Waals surface area contributed by atoms with Crippen LogP contribution in [0.3, 0.4) is 0 Å². The highest BCUT2D eigenvalue weighted by Gasteiger charge is 2.25. The molecule has 0 aliphatic heterocycles. The van der Waals surface area contributed by atoms with Crippen molar-refractivity contribution < 1.29 is 9.47 Å². The Balaban J connectivity index is 1.57. The van der Waals surface area contributed by atoms with E-state index in [1.807, 2.05) is 50.2 Å². The van der Waals surface area contributed by atoms with Crippen molar-refractivity contribution in [2.75, 3.05) is 11.5 Å². The zero-order valence-corrected chi connectivity index (χ0v) is 21.4. The Kier molecular flexibility index (Phi) is 6.49. The van der Waals surface area contributed by atoms with Crippen LogP contribution in [0.15, 0.2) is 72.8 Å². The van der Waals surface area contributed by atoms with Gasteiger partial charge in [0.05, 0.1) is 0 Å². The molecule has 0 radical (unpaired) electrons. The minimum atomic E-state index is -0.194. The van der Waals surface area contributed by atoms with Gasteiger partial charge in [0.1, 0.15) is 23.0 Å². The van der Waals surface area contributed by atoms with E-state index in [1.165, 1.54) is 11.1 Å². The van der Waals surface area contributed by atoms with Gasteiger partial charge < -0.3 is 20.9 Å². The Morgan fingerprint density at radius 3 is 1.11 bits per heavy atom. The number of aryl methyl sites for hydroxylation is 4. The van der Waals surface area contributed by atoms with Gasteiger partial charge in [-0.15, -0.1) is 0 Å². The molecule has 0 bridgehead atoms. The Morgan fingerprint density at radius 1 is 0.486 bits per heavy atom. The largest absolute Gasteiger partial charge is 0.457 e. The van der Waals surface area contributed by atoms with E-state index in [1.54, 1.807) is 0 Å². The van der Waals surface area contributed by atoms with Gasteiger partial charge in [-0.25, -0.2) is 0 Å². The molecule has 4 rings (SSSR count). The standard InChI is InChI=1S/C31H34N2O2/c1-19-15-23(7-11-27(19)34-29-13-9-25(32)17-21(29)3)31(5,6)24-8-12-28(20(2)16-24)35-30-14-10-26(33)18-22(30)4/h7-18H,32-33H2,1-6H3. The molecule has 0 fully saturated rings. The molecule has 0 aromatic heterocycles. The molecule has 4 aromatic carbocycles. The summed E-state index contributed by atoms with van der Waals surface area (Å²) in [5.41, 5.74) is 19.7. The van der Waals surface area contributed by atoms with Gasteiger partial charge in [0.2, 0.25) is 0 Å². The molecule has 35 heavy (non-hydrogen) atoms. The molecule has 0 amide bonds. The Bertz CT molecular complexity index is 1280. The highest BCUT2D eigenvalue weighted by Crippen LogP contribution is 2.38. The summed E-state index contributed by atoms with van der Waals surface area (Å²) in [5, 5.41) is 0. The van der Waals surface area contributed by atoms with E-state index in [4.69, 9.17) is 20.9 Å². The average molecular weight is 467 g/mol. The van der Waals surface area contributed by atoms with Crippen LogP contribution in [0.25, 0.3) is 0 Å². The summed E-state index contributed by atoms with van der Waals surface area (Å²) < 4.78 is 12.4. The van der Waals surface area contributed by atoms with Crippen molar-refractivity contribution in [2.24, 2.45) is 0 Å². The fourth-order valence-electron chi connectivity index (χ4n) is 4.28. The van der Waals surface area contributed by atoms with Crippen LogP contribution in [0.2, 0.25) is 0 Å². The molecule has 4 N–H and O–H groups in total. The lowest BCUT2D eigenvalue weighted by Gasteiger charge is -2.28. The second-order valence-electron chi connectivity index (χ2n) is 9.84. The number of nitrogens with two attached hydrogens (primary N) is 2. The number of anilines is 2. The molecule has 0 heterocycles. The van der Waals surface area contributed by atoms with Crippen LogP contribution in [-0.4, -0.2) is 0 Å². The summed E-state index contributed by atoms with van der Waals surface area (Å²) in [6, 6.07) is 24.2. The van der Waals surface area contributed by atoms with Crippen molar-refractivity contribution in [1.82, 2.24) is 0 Å². The zero-order chi connectivity index (χ0) is 25.3. The van der Waals surface area contributed by atoms with Crippen LogP contribution < -0.4 is 20.9 Å². The molecule has 0 spiro atoms. The van der Waals surface area contributed by atoms with Gasteiger partial charge in [0.15, 0.2) is 0 Å². The third-order valence-corrected chi connectivity index (χ3v) is 6.63. The van der Waals surface area contributed by atoms with Crippen LogP contribution in [-0.2, 0) is 5.41 Å². The fourth-order valence-corrected chi connectivity index (χ4v) is 4.28. The molecule has 0 saturated heterocycles. The molecule has 0 atom stereocenters. The summed E-state index contributed by atoms with van der Waals surface area (Å²) in [5.74, 6) is 3.32. The van der Waals surface area contributed by atoms with Gasteiger partial charge >= 0.3 is 0 Å². The van der Waals surface area contributed by atoms with Crippen LogP contribution in [0, 0.1) is 27.7 Å². The molecule has 4 nitrogen and oxygen atoms in total. The molecule has 180 valence electrons. The molecule has 0 aliphatic carbocycles. The second-order valence-corrected chi connectivity index (χ2v) is 9.84. The third-order valence-electron chi connectivity index (χ3n) is 6.63. The van der Waals surface area contributed by atoms with E-state index in [-0.39, 0.29) is 5.41 Å². The second kappa shape index (κ2) is 9.38. The summed E-state index contributed by atoms with van der Waals surface area (Å²) in [6.45, 7) is 12.7. The van der Waals surface area contributed by atoms with Crippen LogP contribution in [0.4, 0.5) is 11.4 Å². The maximum atomic E-state index is 6.20. The molecule has 4 heteroatoms. The number of benzene rings is 4. The lowest BCUT2D eigenvalue weighted by Crippen LogP contribution is -2.19. The molecule has 0 unspecified atom stereocenters. The predicted octanol–water partition coefficient (Wildman–Crippen LogP) is 8.00. The van der Waals surface area contributed by atoms with Gasteiger partial charge in [-0.2, -0.15) is 0 Å². The van der Waals surface area contributed by atoms with Crippen molar-refractivity contribution in [2.45, 2.75) is 47.0 Å². The predicted molar refractivity (Wildman–Crippen MR) is 146 cm³/mol. The first-order valence-electron chi connectivity index (χ1n) is 11.8. The number of nitrogen functional groups attached to an aromatic ring is 2. The van der Waals surface area contributed by atoms with E-state index in [2.05, 4.69) is 64.1 Å². The minimum Gasteiger partial charge on any atom is -0.457 e. The van der Waals surface area contributed by atoms with Crippen molar-refractivity contribution in [3.05, 3.63) is 106 Å². The van der Waals surface area contributed by atoms with E-state index >= 15 is 0 Å². The van der Waals surface area contributed by atoms with Gasteiger partial charge in [0, 0.05) is 16.8 Å². The first kappa shape index (κ1) is 24.2.